The van der Waals surface area contributed by atoms with Gasteiger partial charge in [-0.2, -0.15) is 0 Å². The van der Waals surface area contributed by atoms with Crippen molar-refractivity contribution in [1.82, 2.24) is 14.9 Å². The Kier molecular flexibility index (Phi) is 5.08. The number of nitro benzene ring substituents is 1. The van der Waals surface area contributed by atoms with Crippen molar-refractivity contribution >= 4 is 17.3 Å². The van der Waals surface area contributed by atoms with Gasteiger partial charge in [-0.05, 0) is 38.9 Å². The first-order chi connectivity index (χ1) is 12.1. The highest BCUT2D eigenvalue weighted by atomic mass is 16.6. The van der Waals surface area contributed by atoms with E-state index in [1.165, 1.54) is 6.07 Å². The number of hydrogen-bond donors (Lipinski definition) is 2. The first kappa shape index (κ1) is 17.1. The highest BCUT2D eigenvalue weighted by molar-refractivity contribution is 5.96. The van der Waals surface area contributed by atoms with Crippen molar-refractivity contribution in [2.24, 2.45) is 0 Å². The Balaban J connectivity index is 1.59. The molecule has 1 saturated heterocycles. The summed E-state index contributed by atoms with van der Waals surface area (Å²) < 4.78 is 0. The standard InChI is InChI=1S/C17H21N5O3/c1-12(17(23)20-14-4-2-3-5-15(14)22(24)25)21-10-6-13(7-11-21)16-18-8-9-19-16/h2-5,8-9,12-13H,6-7,10-11H2,1H3,(H,18,19)(H,20,23)/t12-/m0/s1. The van der Waals surface area contributed by atoms with Crippen LogP contribution in [0.15, 0.2) is 36.7 Å². The second-order valence-electron chi connectivity index (χ2n) is 6.22. The number of carbonyl (C=O) groups excluding carboxylic acids is 1. The van der Waals surface area contributed by atoms with Crippen LogP contribution in [0.25, 0.3) is 0 Å². The van der Waals surface area contributed by atoms with E-state index >= 15 is 0 Å². The van der Waals surface area contributed by atoms with E-state index in [9.17, 15) is 14.9 Å². The predicted molar refractivity (Wildman–Crippen MR) is 93.3 cm³/mol. The van der Waals surface area contributed by atoms with Gasteiger partial charge in [0.2, 0.25) is 5.91 Å². The van der Waals surface area contributed by atoms with E-state index in [2.05, 4.69) is 20.2 Å². The number of para-hydroxylation sites is 2. The molecule has 1 aliphatic heterocycles. The van der Waals surface area contributed by atoms with Crippen molar-refractivity contribution in [2.45, 2.75) is 31.7 Å². The van der Waals surface area contributed by atoms with Gasteiger partial charge in [-0.15, -0.1) is 0 Å². The zero-order chi connectivity index (χ0) is 17.8. The van der Waals surface area contributed by atoms with Crippen LogP contribution in [0, 0.1) is 10.1 Å². The zero-order valence-electron chi connectivity index (χ0n) is 14.0. The van der Waals surface area contributed by atoms with Gasteiger partial charge in [0.15, 0.2) is 0 Å². The summed E-state index contributed by atoms with van der Waals surface area (Å²) in [6.45, 7) is 3.41. The smallest absolute Gasteiger partial charge is 0.292 e. The molecule has 25 heavy (non-hydrogen) atoms. The van der Waals surface area contributed by atoms with Crippen LogP contribution in [0.2, 0.25) is 0 Å². The largest absolute Gasteiger partial charge is 0.348 e. The van der Waals surface area contributed by atoms with E-state index in [4.69, 9.17) is 0 Å². The number of hydrogen-bond acceptors (Lipinski definition) is 5. The number of benzene rings is 1. The van der Waals surface area contributed by atoms with Gasteiger partial charge >= 0.3 is 0 Å². The molecular weight excluding hydrogens is 322 g/mol. The third-order valence-electron chi connectivity index (χ3n) is 4.72. The fourth-order valence-corrected chi connectivity index (χ4v) is 3.20. The fraction of sp³-hybridized carbons (Fsp3) is 0.412. The lowest BCUT2D eigenvalue weighted by Crippen LogP contribution is -2.45. The number of likely N-dealkylation sites (tertiary alicyclic amines) is 1. The minimum absolute atomic E-state index is 0.0976. The number of nitro groups is 1. The summed E-state index contributed by atoms with van der Waals surface area (Å²) in [5.74, 6) is 1.15. The Hall–Kier alpha value is -2.74. The quantitative estimate of drug-likeness (QED) is 0.641. The highest BCUT2D eigenvalue weighted by Gasteiger charge is 2.29. The maximum Gasteiger partial charge on any atom is 0.292 e. The van der Waals surface area contributed by atoms with Crippen LogP contribution in [0.1, 0.15) is 31.5 Å². The Morgan fingerprint density at radius 2 is 2.12 bits per heavy atom. The van der Waals surface area contributed by atoms with E-state index in [-0.39, 0.29) is 23.3 Å². The molecule has 8 nitrogen and oxygen atoms in total. The monoisotopic (exact) mass is 343 g/mol. The van der Waals surface area contributed by atoms with Crippen molar-refractivity contribution in [2.75, 3.05) is 18.4 Å². The topological polar surface area (TPSA) is 104 Å². The first-order valence-corrected chi connectivity index (χ1v) is 8.34. The molecule has 2 N–H and O–H groups in total. The molecule has 0 saturated carbocycles. The van der Waals surface area contributed by atoms with Crippen LogP contribution < -0.4 is 5.32 Å². The number of amides is 1. The molecule has 8 heteroatoms. The average Bonchev–Trinajstić information content (AvgIpc) is 3.16. The molecule has 2 aromatic rings. The van der Waals surface area contributed by atoms with Crippen molar-refractivity contribution < 1.29 is 9.72 Å². The number of rotatable bonds is 5. The minimum atomic E-state index is -0.491. The van der Waals surface area contributed by atoms with E-state index in [0.29, 0.717) is 5.92 Å². The number of nitrogens with one attached hydrogen (secondary N) is 2. The molecule has 1 aliphatic rings. The molecule has 1 atom stereocenters. The van der Waals surface area contributed by atoms with Crippen LogP contribution in [-0.4, -0.2) is 44.8 Å². The molecule has 0 radical (unpaired) electrons. The third-order valence-corrected chi connectivity index (χ3v) is 4.72. The van der Waals surface area contributed by atoms with Gasteiger partial charge in [0.25, 0.3) is 5.69 Å². The highest BCUT2D eigenvalue weighted by Crippen LogP contribution is 2.27. The summed E-state index contributed by atoms with van der Waals surface area (Å²) in [4.78, 5) is 32.6. The molecule has 0 unspecified atom stereocenters. The molecule has 1 amide bonds. The van der Waals surface area contributed by atoms with Crippen molar-refractivity contribution in [1.29, 1.82) is 0 Å². The van der Waals surface area contributed by atoms with Crippen LogP contribution in [0.4, 0.5) is 11.4 Å². The number of anilines is 1. The summed E-state index contributed by atoms with van der Waals surface area (Å²) >= 11 is 0. The second kappa shape index (κ2) is 7.43. The lowest BCUT2D eigenvalue weighted by Gasteiger charge is -2.34. The zero-order valence-corrected chi connectivity index (χ0v) is 14.0. The molecule has 132 valence electrons. The SMILES string of the molecule is C[C@@H](C(=O)Nc1ccccc1[N+](=O)[O-])N1CCC(c2ncc[nH]2)CC1. The Morgan fingerprint density at radius 3 is 2.76 bits per heavy atom. The number of carbonyl (C=O) groups is 1. The average molecular weight is 343 g/mol. The first-order valence-electron chi connectivity index (χ1n) is 8.34. The molecule has 2 heterocycles. The van der Waals surface area contributed by atoms with E-state index in [0.717, 1.165) is 31.8 Å². The number of aromatic nitrogens is 2. The number of imidazole rings is 1. The van der Waals surface area contributed by atoms with Crippen LogP contribution in [0.5, 0.6) is 0 Å². The summed E-state index contributed by atoms with van der Waals surface area (Å²) in [5, 5.41) is 13.7. The van der Waals surface area contributed by atoms with Gasteiger partial charge in [-0.1, -0.05) is 12.1 Å². The summed E-state index contributed by atoms with van der Waals surface area (Å²) in [6, 6.07) is 5.83. The third kappa shape index (κ3) is 3.85. The molecule has 1 fully saturated rings. The number of nitrogens with zero attached hydrogens (tertiary/aromatic N) is 3. The van der Waals surface area contributed by atoms with Gasteiger partial charge < -0.3 is 10.3 Å². The van der Waals surface area contributed by atoms with E-state index in [1.807, 2.05) is 13.1 Å². The normalized spacial score (nSPS) is 17.2. The molecule has 1 aromatic heterocycles. The Bertz CT molecular complexity index is 739. The molecule has 0 spiro atoms. The van der Waals surface area contributed by atoms with Crippen LogP contribution >= 0.6 is 0 Å². The molecule has 0 aliphatic carbocycles. The van der Waals surface area contributed by atoms with Gasteiger partial charge in [-0.25, -0.2) is 4.98 Å². The van der Waals surface area contributed by atoms with Gasteiger partial charge in [-0.3, -0.25) is 19.8 Å². The van der Waals surface area contributed by atoms with E-state index in [1.54, 1.807) is 24.4 Å². The number of H-pyrrole nitrogens is 1. The molecule has 1 aromatic carbocycles. The second-order valence-corrected chi connectivity index (χ2v) is 6.22. The maximum absolute atomic E-state index is 12.5. The van der Waals surface area contributed by atoms with Crippen molar-refractivity contribution in [3.8, 4) is 0 Å². The lowest BCUT2D eigenvalue weighted by molar-refractivity contribution is -0.383. The van der Waals surface area contributed by atoms with Crippen LogP contribution in [-0.2, 0) is 4.79 Å². The van der Waals surface area contributed by atoms with Crippen LogP contribution in [0.3, 0.4) is 0 Å². The molecular formula is C17H21N5O3. The molecule has 3 rings (SSSR count). The van der Waals surface area contributed by atoms with E-state index < -0.39 is 4.92 Å². The maximum atomic E-state index is 12.5. The minimum Gasteiger partial charge on any atom is -0.348 e. The van der Waals surface area contributed by atoms with Gasteiger partial charge in [0.05, 0.1) is 11.0 Å². The lowest BCUT2D eigenvalue weighted by atomic mass is 9.95. The number of aromatic amines is 1. The summed E-state index contributed by atoms with van der Waals surface area (Å²) in [6.07, 6.45) is 5.43. The summed E-state index contributed by atoms with van der Waals surface area (Å²) in [5.41, 5.74) is 0.134. The van der Waals surface area contributed by atoms with Crippen molar-refractivity contribution in [3.63, 3.8) is 0 Å². The predicted octanol–water partition coefficient (Wildman–Crippen LogP) is 2.52. The Morgan fingerprint density at radius 1 is 1.40 bits per heavy atom. The van der Waals surface area contributed by atoms with Gasteiger partial charge in [0, 0.05) is 24.4 Å². The molecule has 0 bridgehead atoms. The summed E-state index contributed by atoms with van der Waals surface area (Å²) in [7, 11) is 0. The fourth-order valence-electron chi connectivity index (χ4n) is 3.20. The van der Waals surface area contributed by atoms with Gasteiger partial charge in [0.1, 0.15) is 11.5 Å². The number of piperidine rings is 1. The Labute approximate surface area is 145 Å². The van der Waals surface area contributed by atoms with Crippen molar-refractivity contribution in [3.05, 3.63) is 52.6 Å².